The third kappa shape index (κ3) is 2.96. The van der Waals surface area contributed by atoms with Crippen LogP contribution >= 0.6 is 22.7 Å². The van der Waals surface area contributed by atoms with Gasteiger partial charge in [-0.15, -0.1) is 22.7 Å². The van der Waals surface area contributed by atoms with Crippen LogP contribution in [0.4, 0.5) is 0 Å². The summed E-state index contributed by atoms with van der Waals surface area (Å²) in [5.74, 6) is 0.564. The average molecular weight is 384 g/mol. The first kappa shape index (κ1) is 16.1. The maximum atomic E-state index is 12.1. The van der Waals surface area contributed by atoms with Gasteiger partial charge < -0.3 is 4.90 Å². The van der Waals surface area contributed by atoms with Crippen molar-refractivity contribution < 1.29 is 4.90 Å². The lowest BCUT2D eigenvalue weighted by Gasteiger charge is -2.28. The normalized spacial score (nSPS) is 20.8. The number of fused-ring (bicyclic) bond motifs is 2. The molecule has 1 aromatic carbocycles. The third-order valence-electron chi connectivity index (χ3n) is 5.14. The van der Waals surface area contributed by atoms with E-state index < -0.39 is 0 Å². The molecule has 3 aromatic heterocycles. The molecule has 0 amide bonds. The lowest BCUT2D eigenvalue weighted by atomic mass is 9.97. The number of nitrogens with zero attached hydrogens (tertiary/aromatic N) is 3. The molecule has 1 N–H and O–H groups in total. The highest BCUT2D eigenvalue weighted by Gasteiger charge is 2.26. The third-order valence-corrected chi connectivity index (χ3v) is 7.10. The van der Waals surface area contributed by atoms with E-state index in [4.69, 9.17) is 4.98 Å². The number of aromatic nitrogens is 3. The van der Waals surface area contributed by atoms with E-state index >= 15 is 0 Å². The van der Waals surface area contributed by atoms with E-state index in [-0.39, 0.29) is 5.56 Å². The molecule has 1 aliphatic rings. The molecule has 1 fully saturated rings. The SMILES string of the molecule is O=c1cc(C[NH+]2CCC(c3nc4ccccc4s3)CC2)nc2sccn12. The van der Waals surface area contributed by atoms with E-state index in [0.29, 0.717) is 5.92 Å². The molecule has 26 heavy (non-hydrogen) atoms. The van der Waals surface area contributed by atoms with Crippen molar-refractivity contribution in [1.82, 2.24) is 14.4 Å². The van der Waals surface area contributed by atoms with Crippen LogP contribution in [0.1, 0.15) is 29.5 Å². The van der Waals surface area contributed by atoms with Crippen LogP contribution in [0.25, 0.3) is 15.2 Å². The minimum absolute atomic E-state index is 0.0232. The monoisotopic (exact) mass is 383 g/mol. The fourth-order valence-electron chi connectivity index (χ4n) is 3.75. The summed E-state index contributed by atoms with van der Waals surface area (Å²) < 4.78 is 2.90. The first-order valence-electron chi connectivity index (χ1n) is 8.91. The molecule has 0 aliphatic carbocycles. The largest absolute Gasteiger partial charge is 0.330 e. The van der Waals surface area contributed by atoms with E-state index in [1.165, 1.54) is 25.9 Å². The van der Waals surface area contributed by atoms with Gasteiger partial charge in [0.1, 0.15) is 12.2 Å². The summed E-state index contributed by atoms with van der Waals surface area (Å²) in [6.45, 7) is 3.04. The van der Waals surface area contributed by atoms with Crippen LogP contribution in [0.5, 0.6) is 0 Å². The molecule has 0 spiro atoms. The maximum absolute atomic E-state index is 12.1. The molecule has 5 nitrogen and oxygen atoms in total. The van der Waals surface area contributed by atoms with E-state index in [1.807, 2.05) is 16.7 Å². The summed E-state index contributed by atoms with van der Waals surface area (Å²) in [7, 11) is 0. The quantitative estimate of drug-likeness (QED) is 0.591. The van der Waals surface area contributed by atoms with Crippen LogP contribution < -0.4 is 10.5 Å². The number of para-hydroxylation sites is 1. The van der Waals surface area contributed by atoms with Crippen molar-refractivity contribution in [2.75, 3.05) is 13.1 Å². The number of thiazole rings is 2. The second-order valence-corrected chi connectivity index (χ2v) is 8.80. The maximum Gasteiger partial charge on any atom is 0.258 e. The topological polar surface area (TPSA) is 51.7 Å². The number of benzene rings is 1. The molecular formula is C19H19N4OS2+. The molecule has 7 heteroatoms. The minimum Gasteiger partial charge on any atom is -0.330 e. The van der Waals surface area contributed by atoms with Gasteiger partial charge in [0.05, 0.1) is 28.3 Å². The van der Waals surface area contributed by atoms with Gasteiger partial charge in [0.25, 0.3) is 5.56 Å². The molecule has 4 heterocycles. The van der Waals surface area contributed by atoms with Crippen LogP contribution in [0, 0.1) is 0 Å². The number of piperidine rings is 1. The van der Waals surface area contributed by atoms with Gasteiger partial charge >= 0.3 is 0 Å². The number of rotatable bonds is 3. The molecule has 132 valence electrons. The van der Waals surface area contributed by atoms with Gasteiger partial charge in [0.15, 0.2) is 4.96 Å². The van der Waals surface area contributed by atoms with Gasteiger partial charge in [-0.1, -0.05) is 12.1 Å². The molecule has 0 unspecified atom stereocenters. The standard InChI is InChI=1S/C19H18N4OS2/c24-17-11-14(20-19-23(17)9-10-25-19)12-22-7-5-13(6-8-22)18-21-15-3-1-2-4-16(15)26-18/h1-4,9-11,13H,5-8,12H2/p+1. The highest BCUT2D eigenvalue weighted by atomic mass is 32.1. The Balaban J connectivity index is 1.28. The van der Waals surface area contributed by atoms with Gasteiger partial charge in [-0.25, -0.2) is 9.97 Å². The fraction of sp³-hybridized carbons (Fsp3) is 0.316. The van der Waals surface area contributed by atoms with E-state index in [1.54, 1.807) is 16.7 Å². The van der Waals surface area contributed by atoms with Crippen molar-refractivity contribution in [3.8, 4) is 0 Å². The number of hydrogen-bond acceptors (Lipinski definition) is 5. The van der Waals surface area contributed by atoms with Gasteiger partial charge in [-0.2, -0.15) is 0 Å². The molecule has 5 rings (SSSR count). The van der Waals surface area contributed by atoms with Crippen molar-refractivity contribution in [2.45, 2.75) is 25.3 Å². The van der Waals surface area contributed by atoms with Crippen LogP contribution in [0.3, 0.4) is 0 Å². The zero-order chi connectivity index (χ0) is 17.5. The highest BCUT2D eigenvalue weighted by molar-refractivity contribution is 7.18. The van der Waals surface area contributed by atoms with E-state index in [9.17, 15) is 4.79 Å². The predicted molar refractivity (Wildman–Crippen MR) is 105 cm³/mol. The Bertz CT molecular complexity index is 1090. The molecule has 4 aromatic rings. The van der Waals surface area contributed by atoms with E-state index in [0.717, 1.165) is 48.6 Å². The van der Waals surface area contributed by atoms with Crippen molar-refractivity contribution in [2.24, 2.45) is 0 Å². The first-order chi connectivity index (χ1) is 12.8. The summed E-state index contributed by atoms with van der Waals surface area (Å²) in [4.78, 5) is 23.9. The second-order valence-electron chi connectivity index (χ2n) is 6.86. The first-order valence-corrected chi connectivity index (χ1v) is 10.6. The molecule has 0 bridgehead atoms. The van der Waals surface area contributed by atoms with Crippen molar-refractivity contribution in [3.63, 3.8) is 0 Å². The van der Waals surface area contributed by atoms with Gasteiger partial charge in [0, 0.05) is 36.4 Å². The van der Waals surface area contributed by atoms with Crippen LogP contribution in [0.15, 0.2) is 46.7 Å². The average Bonchev–Trinajstić information content (AvgIpc) is 3.29. The Kier molecular flexibility index (Phi) is 4.07. The fourth-order valence-corrected chi connectivity index (χ4v) is 5.62. The zero-order valence-corrected chi connectivity index (χ0v) is 15.9. The van der Waals surface area contributed by atoms with Gasteiger partial charge in [-0.3, -0.25) is 9.20 Å². The van der Waals surface area contributed by atoms with E-state index in [2.05, 4.69) is 29.2 Å². The Morgan fingerprint density at radius 2 is 2.04 bits per heavy atom. The number of hydrogen-bond donors (Lipinski definition) is 1. The summed E-state index contributed by atoms with van der Waals surface area (Å²) >= 11 is 3.35. The lowest BCUT2D eigenvalue weighted by Crippen LogP contribution is -3.11. The molecule has 0 radical (unpaired) electrons. The molecular weight excluding hydrogens is 364 g/mol. The minimum atomic E-state index is 0.0232. The number of quaternary nitrogens is 1. The molecule has 1 aliphatic heterocycles. The van der Waals surface area contributed by atoms with Crippen molar-refractivity contribution in [3.05, 3.63) is 63.0 Å². The molecule has 1 saturated heterocycles. The van der Waals surface area contributed by atoms with Crippen LogP contribution in [-0.2, 0) is 6.54 Å². The Morgan fingerprint density at radius 3 is 2.88 bits per heavy atom. The summed E-state index contributed by atoms with van der Waals surface area (Å²) in [5, 5.41) is 3.19. The summed E-state index contributed by atoms with van der Waals surface area (Å²) in [6.07, 6.45) is 4.08. The Morgan fingerprint density at radius 1 is 1.19 bits per heavy atom. The van der Waals surface area contributed by atoms with Gasteiger partial charge in [-0.05, 0) is 12.1 Å². The second kappa shape index (κ2) is 6.57. The Hall–Kier alpha value is -2.09. The summed E-state index contributed by atoms with van der Waals surface area (Å²) in [5.41, 5.74) is 2.05. The highest BCUT2D eigenvalue weighted by Crippen LogP contribution is 2.31. The van der Waals surface area contributed by atoms with Crippen molar-refractivity contribution in [1.29, 1.82) is 0 Å². The van der Waals surface area contributed by atoms with Crippen LogP contribution in [0.2, 0.25) is 0 Å². The number of nitrogens with one attached hydrogen (secondary N) is 1. The lowest BCUT2D eigenvalue weighted by molar-refractivity contribution is -0.919. The zero-order valence-electron chi connectivity index (χ0n) is 14.2. The van der Waals surface area contributed by atoms with Gasteiger partial charge in [0.2, 0.25) is 0 Å². The summed E-state index contributed by atoms with van der Waals surface area (Å²) in [6, 6.07) is 10.1. The Labute approximate surface area is 158 Å². The van der Waals surface area contributed by atoms with Crippen molar-refractivity contribution >= 4 is 37.9 Å². The van der Waals surface area contributed by atoms with Crippen LogP contribution in [-0.4, -0.2) is 27.5 Å². The number of likely N-dealkylation sites (tertiary alicyclic amines) is 1. The predicted octanol–water partition coefficient (Wildman–Crippen LogP) is 2.33. The molecule has 0 atom stereocenters. The molecule has 0 saturated carbocycles. The smallest absolute Gasteiger partial charge is 0.258 e.